The average Bonchev–Trinajstić information content (AvgIpc) is 1.61. The van der Waals surface area contributed by atoms with Gasteiger partial charge < -0.3 is 4.52 Å². The Hall–Kier alpha value is 0.250. The van der Waals surface area contributed by atoms with Gasteiger partial charge in [0.05, 0.1) is 6.61 Å². The van der Waals surface area contributed by atoms with Crippen LogP contribution in [0.2, 0.25) is 0 Å². The Kier molecular flexibility index (Phi) is 1.02. The molecule has 0 saturated carbocycles. The van der Waals surface area contributed by atoms with E-state index >= 15 is 0 Å². The average molecular weight is 112 g/mol. The minimum atomic E-state index is -2.15. The Morgan fingerprint density at radius 3 is 2.33 bits per heavy atom. The van der Waals surface area contributed by atoms with Crippen molar-refractivity contribution in [2.75, 3.05) is 6.61 Å². The summed E-state index contributed by atoms with van der Waals surface area (Å²) in [5.41, 5.74) is 0. The molecule has 0 amide bonds. The normalized spacial score (nSPS) is 45.0. The van der Waals surface area contributed by atoms with Crippen molar-refractivity contribution in [3.63, 3.8) is 0 Å². The molecule has 1 heterocycles. The molecule has 0 aromatic rings. The first-order valence-electron chi connectivity index (χ1n) is 1.52. The number of alkyl halides is 1. The van der Waals surface area contributed by atoms with E-state index in [1.54, 1.807) is 0 Å². The maximum Gasteiger partial charge on any atom is 0.258 e. The second-order valence-electron chi connectivity index (χ2n) is 1.00. The highest BCUT2D eigenvalue weighted by molar-refractivity contribution is 7.48. The smallest absolute Gasteiger partial charge is 0.258 e. The molecule has 1 nitrogen and oxygen atoms in total. The minimum absolute atomic E-state index is 0.0395. The van der Waals surface area contributed by atoms with Crippen LogP contribution in [0.5, 0.6) is 0 Å². The van der Waals surface area contributed by atoms with Crippen molar-refractivity contribution in [1.29, 1.82) is 0 Å². The molecule has 0 aromatic carbocycles. The molecule has 1 saturated heterocycles. The van der Waals surface area contributed by atoms with Crippen LogP contribution in [-0.2, 0) is 4.52 Å². The third-order valence-electron chi connectivity index (χ3n) is 0.556. The number of hydrogen-bond donors (Lipinski definition) is 0. The van der Waals surface area contributed by atoms with E-state index in [1.165, 1.54) is 0 Å². The highest BCUT2D eigenvalue weighted by atomic mass is 31.2. The van der Waals surface area contributed by atoms with Crippen molar-refractivity contribution >= 4 is 8.46 Å². The molecule has 36 valence electrons. The fourth-order valence-corrected chi connectivity index (χ4v) is 0.562. The lowest BCUT2D eigenvalue weighted by Gasteiger charge is -2.20. The largest absolute Gasteiger partial charge is 0.325 e. The van der Waals surface area contributed by atoms with Gasteiger partial charge in [-0.25, -0.2) is 4.39 Å². The Bertz CT molecular complexity index is 51.5. The highest BCUT2D eigenvalue weighted by Gasteiger charge is 2.33. The lowest BCUT2D eigenvalue weighted by Crippen LogP contribution is -2.15. The molecule has 0 bridgehead atoms. The SMILES string of the molecule is FC1COP1F. The molecule has 1 aliphatic rings. The number of hydrogen-bond acceptors (Lipinski definition) is 1. The van der Waals surface area contributed by atoms with Crippen molar-refractivity contribution in [2.24, 2.45) is 0 Å². The van der Waals surface area contributed by atoms with Crippen LogP contribution in [0, 0.1) is 0 Å². The predicted molar refractivity (Wildman–Crippen MR) is 18.9 cm³/mol. The van der Waals surface area contributed by atoms with Crippen molar-refractivity contribution in [3.8, 4) is 0 Å². The fraction of sp³-hybridized carbons (Fsp3) is 1.00. The van der Waals surface area contributed by atoms with E-state index in [0.29, 0.717) is 0 Å². The summed E-state index contributed by atoms with van der Waals surface area (Å²) in [6.45, 7) is -0.0395. The molecule has 2 atom stereocenters. The van der Waals surface area contributed by atoms with Crippen LogP contribution in [0.15, 0.2) is 0 Å². The van der Waals surface area contributed by atoms with Gasteiger partial charge in [-0.3, -0.25) is 0 Å². The Labute approximate surface area is 35.3 Å². The second kappa shape index (κ2) is 1.39. The van der Waals surface area contributed by atoms with Crippen molar-refractivity contribution in [2.45, 2.75) is 5.91 Å². The van der Waals surface area contributed by atoms with Gasteiger partial charge in [0.15, 0.2) is 5.91 Å². The third kappa shape index (κ3) is 0.525. The van der Waals surface area contributed by atoms with Gasteiger partial charge in [0, 0.05) is 0 Å². The fourth-order valence-electron chi connectivity index (χ4n) is 0.187. The maximum atomic E-state index is 11.4. The summed E-state index contributed by atoms with van der Waals surface area (Å²) in [6.07, 6.45) is 0. The minimum Gasteiger partial charge on any atom is -0.325 e. The Morgan fingerprint density at radius 1 is 1.83 bits per heavy atom. The van der Waals surface area contributed by atoms with Crippen LogP contribution < -0.4 is 0 Å². The standard InChI is InChI=1S/C2H3F2OP/c3-2-1-5-6(2)4/h2H,1H2. The Morgan fingerprint density at radius 2 is 2.33 bits per heavy atom. The van der Waals surface area contributed by atoms with Crippen LogP contribution in [0.3, 0.4) is 0 Å². The van der Waals surface area contributed by atoms with E-state index in [4.69, 9.17) is 0 Å². The summed E-state index contributed by atoms with van der Waals surface area (Å²) >= 11 is 0. The zero-order valence-corrected chi connectivity index (χ0v) is 3.79. The van der Waals surface area contributed by atoms with Gasteiger partial charge in [-0.1, -0.05) is 0 Å². The zero-order valence-electron chi connectivity index (χ0n) is 2.90. The summed E-state index contributed by atoms with van der Waals surface area (Å²) in [5, 5.41) is 0. The number of halogens is 2. The molecule has 1 fully saturated rings. The summed E-state index contributed by atoms with van der Waals surface area (Å²) in [7, 11) is -2.15. The number of rotatable bonds is 0. The first-order chi connectivity index (χ1) is 2.80. The van der Waals surface area contributed by atoms with Gasteiger partial charge in [0.1, 0.15) is 0 Å². The Balaban J connectivity index is 2.20. The van der Waals surface area contributed by atoms with E-state index in [1.807, 2.05) is 0 Å². The predicted octanol–water partition coefficient (Wildman–Crippen LogP) is 1.59. The molecule has 0 N–H and O–H groups in total. The van der Waals surface area contributed by atoms with Crippen LogP contribution in [0.1, 0.15) is 0 Å². The van der Waals surface area contributed by atoms with Crippen molar-refractivity contribution in [1.82, 2.24) is 0 Å². The van der Waals surface area contributed by atoms with Gasteiger partial charge in [0.2, 0.25) is 0 Å². The van der Waals surface area contributed by atoms with Gasteiger partial charge in [0.25, 0.3) is 8.46 Å². The third-order valence-corrected chi connectivity index (χ3v) is 1.54. The lowest BCUT2D eigenvalue weighted by atomic mass is 10.8. The molecule has 2 unspecified atom stereocenters. The topological polar surface area (TPSA) is 9.23 Å². The highest BCUT2D eigenvalue weighted by Crippen LogP contribution is 2.53. The molecule has 0 aliphatic carbocycles. The van der Waals surface area contributed by atoms with Gasteiger partial charge in [-0.15, -0.1) is 0 Å². The van der Waals surface area contributed by atoms with Crippen molar-refractivity contribution in [3.05, 3.63) is 0 Å². The summed E-state index contributed by atoms with van der Waals surface area (Å²) < 4.78 is 26.9. The van der Waals surface area contributed by atoms with Gasteiger partial charge in [-0.2, -0.15) is 4.20 Å². The second-order valence-corrected chi connectivity index (χ2v) is 2.36. The molecule has 6 heavy (non-hydrogen) atoms. The van der Waals surface area contributed by atoms with Crippen molar-refractivity contribution < 1.29 is 13.1 Å². The molecule has 1 aliphatic heterocycles. The monoisotopic (exact) mass is 112 g/mol. The first-order valence-corrected chi connectivity index (χ1v) is 2.74. The van der Waals surface area contributed by atoms with E-state index in [-0.39, 0.29) is 6.61 Å². The van der Waals surface area contributed by atoms with Crippen LogP contribution in [0.4, 0.5) is 8.59 Å². The molecule has 0 radical (unpaired) electrons. The molecule has 0 aromatic heterocycles. The van der Waals surface area contributed by atoms with E-state index in [9.17, 15) is 8.59 Å². The molecule has 1 rings (SSSR count). The molecule has 0 spiro atoms. The van der Waals surface area contributed by atoms with Crippen LogP contribution in [-0.4, -0.2) is 12.5 Å². The molecular weight excluding hydrogens is 109 g/mol. The van der Waals surface area contributed by atoms with E-state index in [0.717, 1.165) is 0 Å². The molecular formula is C2H3F2OP. The lowest BCUT2D eigenvalue weighted by molar-refractivity contribution is 0.176. The summed E-state index contributed by atoms with van der Waals surface area (Å²) in [6, 6.07) is 0. The van der Waals surface area contributed by atoms with Crippen LogP contribution in [0.25, 0.3) is 0 Å². The summed E-state index contributed by atoms with van der Waals surface area (Å²) in [5.74, 6) is -1.29. The summed E-state index contributed by atoms with van der Waals surface area (Å²) in [4.78, 5) is 0. The van der Waals surface area contributed by atoms with Gasteiger partial charge >= 0.3 is 0 Å². The van der Waals surface area contributed by atoms with Gasteiger partial charge in [-0.05, 0) is 0 Å². The van der Waals surface area contributed by atoms with Crippen LogP contribution >= 0.6 is 8.46 Å². The maximum absolute atomic E-state index is 11.4. The van der Waals surface area contributed by atoms with E-state index in [2.05, 4.69) is 4.52 Å². The molecule has 4 heteroatoms. The quantitative estimate of drug-likeness (QED) is 0.432. The zero-order chi connectivity index (χ0) is 4.57. The van der Waals surface area contributed by atoms with E-state index < -0.39 is 14.4 Å². The first kappa shape index (κ1) is 4.41.